The van der Waals surface area contributed by atoms with Crippen molar-refractivity contribution >= 4 is 12.1 Å². The van der Waals surface area contributed by atoms with Crippen molar-refractivity contribution in [1.29, 1.82) is 0 Å². The molecular weight excluding hydrogens is 262 g/mol. The fraction of sp³-hybridized carbons (Fsp3) is 0.857. The van der Waals surface area contributed by atoms with Crippen LogP contribution >= 0.6 is 0 Å². The molecule has 1 amide bonds. The lowest BCUT2D eigenvalue weighted by molar-refractivity contribution is -0.143. The van der Waals surface area contributed by atoms with Gasteiger partial charge in [-0.1, -0.05) is 6.92 Å². The number of carboxylic acids is 1. The number of likely N-dealkylation sites (tertiary alicyclic amines) is 1. The van der Waals surface area contributed by atoms with Crippen LogP contribution in [0.15, 0.2) is 0 Å². The number of ether oxygens (including phenoxy) is 2. The Morgan fingerprint density at radius 1 is 1.25 bits per heavy atom. The van der Waals surface area contributed by atoms with Crippen LogP contribution in [0.1, 0.15) is 40.5 Å². The summed E-state index contributed by atoms with van der Waals surface area (Å²) in [6.45, 7) is 8.95. The molecule has 1 aliphatic heterocycles. The second-order valence-electron chi connectivity index (χ2n) is 6.66. The highest BCUT2D eigenvalue weighted by atomic mass is 16.6. The summed E-state index contributed by atoms with van der Waals surface area (Å²) >= 11 is 0. The number of carbonyl (C=O) groups excluding carboxylic acids is 1. The Hall–Kier alpha value is -1.30. The third-order valence-corrected chi connectivity index (χ3v) is 3.30. The van der Waals surface area contributed by atoms with Gasteiger partial charge in [-0.2, -0.15) is 0 Å². The molecule has 0 aliphatic carbocycles. The van der Waals surface area contributed by atoms with E-state index < -0.39 is 11.6 Å². The Labute approximate surface area is 120 Å². The highest BCUT2D eigenvalue weighted by molar-refractivity contribution is 5.68. The fourth-order valence-corrected chi connectivity index (χ4v) is 2.08. The van der Waals surface area contributed by atoms with Gasteiger partial charge in [0.25, 0.3) is 0 Å². The number of hydrogen-bond acceptors (Lipinski definition) is 4. The van der Waals surface area contributed by atoms with Crippen molar-refractivity contribution in [2.45, 2.75) is 46.1 Å². The lowest BCUT2D eigenvalue weighted by atomic mass is 9.81. The molecule has 1 rings (SSSR count). The highest BCUT2D eigenvalue weighted by Gasteiger charge is 2.33. The van der Waals surface area contributed by atoms with Crippen LogP contribution in [0.25, 0.3) is 0 Å². The minimum absolute atomic E-state index is 0.0754. The summed E-state index contributed by atoms with van der Waals surface area (Å²) in [6, 6.07) is 0. The summed E-state index contributed by atoms with van der Waals surface area (Å²) in [5, 5.41) is 8.56. The van der Waals surface area contributed by atoms with Gasteiger partial charge < -0.3 is 19.5 Å². The summed E-state index contributed by atoms with van der Waals surface area (Å²) < 4.78 is 10.5. The minimum Gasteiger partial charge on any atom is -0.480 e. The van der Waals surface area contributed by atoms with E-state index in [-0.39, 0.29) is 18.1 Å². The second-order valence-corrected chi connectivity index (χ2v) is 6.66. The number of piperidine rings is 1. The lowest BCUT2D eigenvalue weighted by Crippen LogP contribution is -2.45. The standard InChI is InChI=1S/C14H25NO5/c1-13(2,3)20-12(18)15-7-5-14(4,6-8-15)10-19-9-11(16)17/h5-10H2,1-4H3,(H,16,17). The van der Waals surface area contributed by atoms with Crippen molar-refractivity contribution in [3.8, 4) is 0 Å². The zero-order valence-electron chi connectivity index (χ0n) is 12.8. The molecule has 0 atom stereocenters. The first kappa shape index (κ1) is 16.8. The Balaban J connectivity index is 2.38. The molecule has 0 saturated carbocycles. The zero-order valence-corrected chi connectivity index (χ0v) is 12.8. The first-order chi connectivity index (χ1) is 9.11. The van der Waals surface area contributed by atoms with Crippen LogP contribution in [0.2, 0.25) is 0 Å². The third-order valence-electron chi connectivity index (χ3n) is 3.30. The van der Waals surface area contributed by atoms with E-state index in [4.69, 9.17) is 14.6 Å². The van der Waals surface area contributed by atoms with Crippen LogP contribution in [0.4, 0.5) is 4.79 Å². The van der Waals surface area contributed by atoms with Crippen LogP contribution in [-0.4, -0.2) is 54.0 Å². The van der Waals surface area contributed by atoms with Crippen molar-refractivity contribution in [3.05, 3.63) is 0 Å². The molecule has 0 aromatic heterocycles. The van der Waals surface area contributed by atoms with E-state index in [1.807, 2.05) is 20.8 Å². The summed E-state index contributed by atoms with van der Waals surface area (Å²) in [4.78, 5) is 24.0. The van der Waals surface area contributed by atoms with E-state index in [0.29, 0.717) is 19.7 Å². The SMILES string of the molecule is CC1(COCC(=O)O)CCN(C(=O)OC(C)(C)C)CC1. The molecular formula is C14H25NO5. The molecule has 1 saturated heterocycles. The Bertz CT molecular complexity index is 353. The molecule has 1 heterocycles. The predicted molar refractivity (Wildman–Crippen MR) is 73.6 cm³/mol. The number of amides is 1. The maximum absolute atomic E-state index is 11.9. The highest BCUT2D eigenvalue weighted by Crippen LogP contribution is 2.31. The fourth-order valence-electron chi connectivity index (χ4n) is 2.08. The van der Waals surface area contributed by atoms with Crippen LogP contribution in [0, 0.1) is 5.41 Å². The van der Waals surface area contributed by atoms with Gasteiger partial charge in [0, 0.05) is 13.1 Å². The number of rotatable bonds is 4. The molecule has 6 heteroatoms. The van der Waals surface area contributed by atoms with Gasteiger partial charge in [0.1, 0.15) is 12.2 Å². The van der Waals surface area contributed by atoms with E-state index in [0.717, 1.165) is 12.8 Å². The van der Waals surface area contributed by atoms with Crippen LogP contribution in [-0.2, 0) is 14.3 Å². The molecule has 0 unspecified atom stereocenters. The Morgan fingerprint density at radius 2 is 1.80 bits per heavy atom. The molecule has 1 aliphatic rings. The van der Waals surface area contributed by atoms with E-state index in [2.05, 4.69) is 6.92 Å². The van der Waals surface area contributed by atoms with Gasteiger partial charge in [-0.15, -0.1) is 0 Å². The number of hydrogen-bond donors (Lipinski definition) is 1. The third kappa shape index (κ3) is 5.77. The number of nitrogens with zero attached hydrogens (tertiary/aromatic N) is 1. The summed E-state index contributed by atoms with van der Waals surface area (Å²) in [5.74, 6) is -0.959. The van der Waals surface area contributed by atoms with Gasteiger partial charge in [-0.25, -0.2) is 9.59 Å². The molecule has 0 radical (unpaired) electrons. The van der Waals surface area contributed by atoms with Gasteiger partial charge in [-0.3, -0.25) is 0 Å². The van der Waals surface area contributed by atoms with Crippen LogP contribution in [0.3, 0.4) is 0 Å². The average molecular weight is 287 g/mol. The number of carbonyl (C=O) groups is 2. The monoisotopic (exact) mass is 287 g/mol. The Morgan fingerprint density at radius 3 is 2.25 bits per heavy atom. The molecule has 20 heavy (non-hydrogen) atoms. The number of carboxylic acid groups (broad SMARTS) is 1. The van der Waals surface area contributed by atoms with E-state index >= 15 is 0 Å². The van der Waals surface area contributed by atoms with Crippen LogP contribution in [0.5, 0.6) is 0 Å². The van der Waals surface area contributed by atoms with Crippen molar-refractivity contribution < 1.29 is 24.2 Å². The van der Waals surface area contributed by atoms with Crippen molar-refractivity contribution in [1.82, 2.24) is 4.90 Å². The molecule has 0 spiro atoms. The molecule has 116 valence electrons. The lowest BCUT2D eigenvalue weighted by Gasteiger charge is -2.39. The van der Waals surface area contributed by atoms with Gasteiger partial charge in [0.05, 0.1) is 6.61 Å². The average Bonchev–Trinajstić information content (AvgIpc) is 2.26. The molecule has 0 bridgehead atoms. The molecule has 0 aromatic rings. The largest absolute Gasteiger partial charge is 0.480 e. The first-order valence-electron chi connectivity index (χ1n) is 6.89. The molecule has 1 fully saturated rings. The number of aliphatic carboxylic acids is 1. The van der Waals surface area contributed by atoms with E-state index in [9.17, 15) is 9.59 Å². The second kappa shape index (κ2) is 6.43. The quantitative estimate of drug-likeness (QED) is 0.857. The summed E-state index contributed by atoms with van der Waals surface area (Å²) in [7, 11) is 0. The molecule has 0 aromatic carbocycles. The summed E-state index contributed by atoms with van der Waals surface area (Å²) in [5.41, 5.74) is -0.559. The first-order valence-corrected chi connectivity index (χ1v) is 6.89. The smallest absolute Gasteiger partial charge is 0.410 e. The summed E-state index contributed by atoms with van der Waals surface area (Å²) in [6.07, 6.45) is 1.28. The topological polar surface area (TPSA) is 76.1 Å². The van der Waals surface area contributed by atoms with Crippen molar-refractivity contribution in [3.63, 3.8) is 0 Å². The van der Waals surface area contributed by atoms with Crippen molar-refractivity contribution in [2.75, 3.05) is 26.3 Å². The molecule has 1 N–H and O–H groups in total. The maximum atomic E-state index is 11.9. The normalized spacial score (nSPS) is 18.7. The van der Waals surface area contributed by atoms with Gasteiger partial charge >= 0.3 is 12.1 Å². The van der Waals surface area contributed by atoms with Gasteiger partial charge in [-0.05, 0) is 39.0 Å². The van der Waals surface area contributed by atoms with E-state index in [1.54, 1.807) is 4.90 Å². The molecule has 6 nitrogen and oxygen atoms in total. The Kier molecular flexibility index (Phi) is 5.39. The van der Waals surface area contributed by atoms with Crippen molar-refractivity contribution in [2.24, 2.45) is 5.41 Å². The zero-order chi connectivity index (χ0) is 15.4. The van der Waals surface area contributed by atoms with Gasteiger partial charge in [0.15, 0.2) is 0 Å². The van der Waals surface area contributed by atoms with Gasteiger partial charge in [0.2, 0.25) is 0 Å². The predicted octanol–water partition coefficient (Wildman–Crippen LogP) is 2.12. The maximum Gasteiger partial charge on any atom is 0.410 e. The minimum atomic E-state index is -0.959. The van der Waals surface area contributed by atoms with Crippen LogP contribution < -0.4 is 0 Å². The van der Waals surface area contributed by atoms with E-state index in [1.165, 1.54) is 0 Å².